The molecule has 0 radical (unpaired) electrons. The van der Waals surface area contributed by atoms with Crippen LogP contribution in [0, 0.1) is 0 Å². The number of carbonyl (C=O) groups is 2. The van der Waals surface area contributed by atoms with E-state index in [9.17, 15) is 9.59 Å². The Morgan fingerprint density at radius 3 is 2.43 bits per heavy atom. The van der Waals surface area contributed by atoms with E-state index < -0.39 is 0 Å². The Morgan fingerprint density at radius 1 is 1.26 bits per heavy atom. The highest BCUT2D eigenvalue weighted by molar-refractivity contribution is 5.94. The smallest absolute Gasteiger partial charge is 0.338 e. The Balaban J connectivity index is 0.00000264. The maximum atomic E-state index is 12.0. The van der Waals surface area contributed by atoms with Crippen LogP contribution in [0.5, 0.6) is 0 Å². The molecule has 1 aromatic rings. The monoisotopic (exact) mass is 341 g/mol. The van der Waals surface area contributed by atoms with Crippen molar-refractivity contribution in [1.82, 2.24) is 4.90 Å². The molecule has 128 valence electrons. The van der Waals surface area contributed by atoms with E-state index in [1.165, 1.54) is 0 Å². The van der Waals surface area contributed by atoms with Gasteiger partial charge in [0.15, 0.2) is 0 Å². The minimum atomic E-state index is -0.356. The lowest BCUT2D eigenvalue weighted by atomic mass is 10.1. The summed E-state index contributed by atoms with van der Waals surface area (Å²) in [4.78, 5) is 25.7. The number of amides is 1. The van der Waals surface area contributed by atoms with Crippen molar-refractivity contribution in [1.29, 1.82) is 0 Å². The number of piperidine rings is 1. The molecule has 1 aliphatic heterocycles. The molecule has 23 heavy (non-hydrogen) atoms. The minimum absolute atomic E-state index is 0. The van der Waals surface area contributed by atoms with E-state index in [1.54, 1.807) is 31.2 Å². The number of hydrogen-bond donors (Lipinski definition) is 2. The first-order valence-corrected chi connectivity index (χ1v) is 7.63. The molecule has 3 N–H and O–H groups in total. The number of carbonyl (C=O) groups excluding carboxylic acids is 2. The Kier molecular flexibility index (Phi) is 8.02. The molecular formula is C16H24ClN3O3. The molecule has 1 heterocycles. The summed E-state index contributed by atoms with van der Waals surface area (Å²) in [5.41, 5.74) is 7.00. The van der Waals surface area contributed by atoms with Gasteiger partial charge in [0.05, 0.1) is 18.7 Å². The van der Waals surface area contributed by atoms with Crippen molar-refractivity contribution in [2.24, 2.45) is 5.73 Å². The number of nitrogens with one attached hydrogen (secondary N) is 1. The van der Waals surface area contributed by atoms with E-state index in [2.05, 4.69) is 10.2 Å². The summed E-state index contributed by atoms with van der Waals surface area (Å²) in [7, 11) is 0. The quantitative estimate of drug-likeness (QED) is 0.795. The summed E-state index contributed by atoms with van der Waals surface area (Å²) >= 11 is 0. The second-order valence-electron chi connectivity index (χ2n) is 5.46. The zero-order chi connectivity index (χ0) is 15.9. The molecule has 1 saturated heterocycles. The number of likely N-dealkylation sites (tertiary alicyclic amines) is 1. The van der Waals surface area contributed by atoms with Crippen molar-refractivity contribution >= 4 is 30.0 Å². The predicted molar refractivity (Wildman–Crippen MR) is 91.9 cm³/mol. The highest BCUT2D eigenvalue weighted by Gasteiger charge is 2.18. The molecular weight excluding hydrogens is 318 g/mol. The van der Waals surface area contributed by atoms with Gasteiger partial charge < -0.3 is 15.8 Å². The maximum absolute atomic E-state index is 12.0. The van der Waals surface area contributed by atoms with Gasteiger partial charge in [-0.15, -0.1) is 12.4 Å². The molecule has 0 spiro atoms. The number of hydrogen-bond acceptors (Lipinski definition) is 5. The first-order chi connectivity index (χ1) is 10.6. The van der Waals surface area contributed by atoms with Crippen LogP contribution in [-0.2, 0) is 9.53 Å². The number of anilines is 1. The lowest BCUT2D eigenvalue weighted by Gasteiger charge is -2.29. The fraction of sp³-hybridized carbons (Fsp3) is 0.500. The van der Waals surface area contributed by atoms with E-state index in [0.29, 0.717) is 24.4 Å². The maximum Gasteiger partial charge on any atom is 0.338 e. The van der Waals surface area contributed by atoms with Gasteiger partial charge in [-0.1, -0.05) is 0 Å². The molecule has 2 rings (SSSR count). The SMILES string of the molecule is CCOC(=O)c1ccc(NC(=O)CN2CCC(N)CC2)cc1.Cl. The fourth-order valence-corrected chi connectivity index (χ4v) is 2.42. The summed E-state index contributed by atoms with van der Waals surface area (Å²) in [6, 6.07) is 6.96. The predicted octanol–water partition coefficient (Wildman–Crippen LogP) is 1.65. The van der Waals surface area contributed by atoms with Gasteiger partial charge in [0.2, 0.25) is 5.91 Å². The summed E-state index contributed by atoms with van der Waals surface area (Å²) in [6.45, 7) is 4.19. The lowest BCUT2D eigenvalue weighted by molar-refractivity contribution is -0.117. The third kappa shape index (κ3) is 6.17. The number of nitrogens with zero attached hydrogens (tertiary/aromatic N) is 1. The first kappa shape index (κ1) is 19.4. The number of halogens is 1. The summed E-state index contributed by atoms with van der Waals surface area (Å²) in [5, 5.41) is 2.83. The normalized spacial score (nSPS) is 15.6. The molecule has 0 unspecified atom stereocenters. The summed E-state index contributed by atoms with van der Waals surface area (Å²) in [5.74, 6) is -0.413. The van der Waals surface area contributed by atoms with Crippen molar-refractivity contribution in [3.8, 4) is 0 Å². The minimum Gasteiger partial charge on any atom is -0.462 e. The van der Waals surface area contributed by atoms with Crippen LogP contribution in [0.4, 0.5) is 5.69 Å². The van der Waals surface area contributed by atoms with Gasteiger partial charge in [-0.3, -0.25) is 9.69 Å². The number of rotatable bonds is 5. The Hall–Kier alpha value is -1.63. The number of esters is 1. The largest absolute Gasteiger partial charge is 0.462 e. The summed E-state index contributed by atoms with van der Waals surface area (Å²) in [6.07, 6.45) is 1.86. The highest BCUT2D eigenvalue weighted by atomic mass is 35.5. The van der Waals surface area contributed by atoms with Crippen molar-refractivity contribution < 1.29 is 14.3 Å². The molecule has 1 aromatic carbocycles. The third-order valence-corrected chi connectivity index (χ3v) is 3.68. The summed E-state index contributed by atoms with van der Waals surface area (Å²) < 4.78 is 4.91. The average molecular weight is 342 g/mol. The van der Waals surface area contributed by atoms with Gasteiger partial charge in [-0.25, -0.2) is 4.79 Å². The van der Waals surface area contributed by atoms with E-state index in [4.69, 9.17) is 10.5 Å². The van der Waals surface area contributed by atoms with E-state index in [-0.39, 0.29) is 30.3 Å². The van der Waals surface area contributed by atoms with Gasteiger partial charge in [0.1, 0.15) is 0 Å². The molecule has 1 aliphatic rings. The van der Waals surface area contributed by atoms with Gasteiger partial charge in [-0.05, 0) is 44.0 Å². The van der Waals surface area contributed by atoms with Crippen LogP contribution in [-0.4, -0.2) is 49.1 Å². The molecule has 6 nitrogen and oxygen atoms in total. The zero-order valence-electron chi connectivity index (χ0n) is 13.3. The second-order valence-corrected chi connectivity index (χ2v) is 5.46. The number of nitrogens with two attached hydrogens (primary N) is 1. The molecule has 0 atom stereocenters. The molecule has 7 heteroatoms. The van der Waals surface area contributed by atoms with Gasteiger partial charge in [0, 0.05) is 24.8 Å². The van der Waals surface area contributed by atoms with Gasteiger partial charge in [-0.2, -0.15) is 0 Å². The van der Waals surface area contributed by atoms with Gasteiger partial charge >= 0.3 is 5.97 Å². The topological polar surface area (TPSA) is 84.7 Å². The number of ether oxygens (including phenoxy) is 1. The van der Waals surface area contributed by atoms with Gasteiger partial charge in [0.25, 0.3) is 0 Å². The molecule has 1 amide bonds. The number of benzene rings is 1. The van der Waals surface area contributed by atoms with Crippen LogP contribution >= 0.6 is 12.4 Å². The fourth-order valence-electron chi connectivity index (χ4n) is 2.42. The highest BCUT2D eigenvalue weighted by Crippen LogP contribution is 2.12. The van der Waals surface area contributed by atoms with Crippen molar-refractivity contribution in [2.45, 2.75) is 25.8 Å². The lowest BCUT2D eigenvalue weighted by Crippen LogP contribution is -2.43. The molecule has 0 bridgehead atoms. The van der Waals surface area contributed by atoms with Crippen LogP contribution in [0.1, 0.15) is 30.1 Å². The molecule has 1 fully saturated rings. The molecule has 0 saturated carbocycles. The Bertz CT molecular complexity index is 514. The van der Waals surface area contributed by atoms with Crippen LogP contribution in [0.25, 0.3) is 0 Å². The standard InChI is InChI=1S/C16H23N3O3.ClH/c1-2-22-16(21)12-3-5-14(6-4-12)18-15(20)11-19-9-7-13(17)8-10-19;/h3-6,13H,2,7-11,17H2,1H3,(H,18,20);1H. The van der Waals surface area contributed by atoms with Crippen LogP contribution in [0.3, 0.4) is 0 Å². The van der Waals surface area contributed by atoms with E-state index >= 15 is 0 Å². The third-order valence-electron chi connectivity index (χ3n) is 3.68. The van der Waals surface area contributed by atoms with E-state index in [1.807, 2.05) is 0 Å². The Labute approximate surface area is 142 Å². The molecule has 0 aromatic heterocycles. The first-order valence-electron chi connectivity index (χ1n) is 7.63. The van der Waals surface area contributed by atoms with Crippen molar-refractivity contribution in [3.63, 3.8) is 0 Å². The van der Waals surface area contributed by atoms with Crippen LogP contribution in [0.15, 0.2) is 24.3 Å². The molecule has 0 aliphatic carbocycles. The second kappa shape index (κ2) is 9.50. The van der Waals surface area contributed by atoms with E-state index in [0.717, 1.165) is 25.9 Å². The van der Waals surface area contributed by atoms with Crippen molar-refractivity contribution in [3.05, 3.63) is 29.8 Å². The zero-order valence-corrected chi connectivity index (χ0v) is 14.1. The van der Waals surface area contributed by atoms with Crippen LogP contribution < -0.4 is 11.1 Å². The Morgan fingerprint density at radius 2 is 1.87 bits per heavy atom. The van der Waals surface area contributed by atoms with Crippen molar-refractivity contribution in [2.75, 3.05) is 31.6 Å². The van der Waals surface area contributed by atoms with Crippen LogP contribution in [0.2, 0.25) is 0 Å². The average Bonchev–Trinajstić information content (AvgIpc) is 2.50.